The van der Waals surface area contributed by atoms with Crippen LogP contribution in [0.1, 0.15) is 0 Å². The van der Waals surface area contributed by atoms with Gasteiger partial charge in [0.2, 0.25) is 0 Å². The maximum absolute atomic E-state index is 6.76. The summed E-state index contributed by atoms with van der Waals surface area (Å²) in [5.74, 6) is 0. The van der Waals surface area contributed by atoms with Gasteiger partial charge in [-0.1, -0.05) is 164 Å². The van der Waals surface area contributed by atoms with Crippen LogP contribution in [0.15, 0.2) is 229 Å². The second-order valence-corrected chi connectivity index (χ2v) is 14.6. The van der Waals surface area contributed by atoms with Gasteiger partial charge in [0.15, 0.2) is 5.58 Å². The van der Waals surface area contributed by atoms with Crippen LogP contribution >= 0.6 is 0 Å². The molecule has 1 aromatic heterocycles. The van der Waals surface area contributed by atoms with Gasteiger partial charge in [-0.25, -0.2) is 0 Å². The molecule has 0 radical (unpaired) electrons. The van der Waals surface area contributed by atoms with Crippen LogP contribution < -0.4 is 9.80 Å². The third-order valence-corrected chi connectivity index (χ3v) is 11.1. The van der Waals surface area contributed by atoms with Crippen molar-refractivity contribution in [1.29, 1.82) is 0 Å². The number of hydrogen-bond donors (Lipinski definition) is 0. The van der Waals surface area contributed by atoms with E-state index in [1.807, 2.05) is 6.07 Å². The summed E-state index contributed by atoms with van der Waals surface area (Å²) < 4.78 is 6.76. The lowest BCUT2D eigenvalue weighted by Gasteiger charge is -2.28. The summed E-state index contributed by atoms with van der Waals surface area (Å²) >= 11 is 0. The first-order chi connectivity index (χ1) is 28.7. The van der Waals surface area contributed by atoms with E-state index >= 15 is 0 Å². The van der Waals surface area contributed by atoms with Crippen LogP contribution in [0.2, 0.25) is 0 Å². The van der Waals surface area contributed by atoms with Gasteiger partial charge < -0.3 is 14.2 Å². The van der Waals surface area contributed by atoms with E-state index in [2.05, 4.69) is 235 Å². The lowest BCUT2D eigenvalue weighted by Crippen LogP contribution is -2.13. The molecule has 0 spiro atoms. The molecule has 58 heavy (non-hydrogen) atoms. The molecular formula is C55H40N2O. The fourth-order valence-electron chi connectivity index (χ4n) is 8.08. The Morgan fingerprint density at radius 2 is 0.776 bits per heavy atom. The summed E-state index contributed by atoms with van der Waals surface area (Å²) in [4.78, 5) is 4.60. The predicted molar refractivity (Wildman–Crippen MR) is 245 cm³/mol. The van der Waals surface area contributed by atoms with Crippen LogP contribution in [-0.2, 0) is 0 Å². The van der Waals surface area contributed by atoms with Crippen molar-refractivity contribution >= 4 is 50.4 Å². The molecule has 0 unspecified atom stereocenters. The molecule has 0 aliphatic heterocycles. The highest BCUT2D eigenvalue weighted by atomic mass is 16.3. The van der Waals surface area contributed by atoms with Crippen molar-refractivity contribution in [3.63, 3.8) is 0 Å². The largest absolute Gasteiger partial charge is 0.454 e. The van der Waals surface area contributed by atoms with Crippen molar-refractivity contribution in [3.05, 3.63) is 224 Å². The van der Waals surface area contributed by atoms with E-state index in [9.17, 15) is 0 Å². The molecule has 3 nitrogen and oxygen atoms in total. The van der Waals surface area contributed by atoms with Gasteiger partial charge in [-0.05, 0) is 99.6 Å². The van der Waals surface area contributed by atoms with Crippen molar-refractivity contribution in [1.82, 2.24) is 0 Å². The molecule has 0 fully saturated rings. The van der Waals surface area contributed by atoms with E-state index in [1.54, 1.807) is 0 Å². The summed E-state index contributed by atoms with van der Waals surface area (Å²) in [5.41, 5.74) is 16.4. The maximum atomic E-state index is 6.76. The maximum Gasteiger partial charge on any atom is 0.159 e. The molecule has 10 aromatic rings. The van der Waals surface area contributed by atoms with Gasteiger partial charge in [0.05, 0.1) is 5.69 Å². The van der Waals surface area contributed by atoms with Crippen LogP contribution in [0.3, 0.4) is 0 Å². The molecule has 0 aliphatic rings. The van der Waals surface area contributed by atoms with Gasteiger partial charge in [0.25, 0.3) is 0 Å². The van der Waals surface area contributed by atoms with Crippen LogP contribution in [0.4, 0.5) is 28.4 Å². The topological polar surface area (TPSA) is 19.6 Å². The smallest absolute Gasteiger partial charge is 0.159 e. The highest BCUT2D eigenvalue weighted by molar-refractivity contribution is 6.12. The summed E-state index contributed by atoms with van der Waals surface area (Å²) in [7, 11) is 2.14. The molecule has 276 valence electrons. The Hall–Kier alpha value is -7.62. The van der Waals surface area contributed by atoms with E-state index in [1.165, 1.54) is 27.8 Å². The molecule has 0 aliphatic carbocycles. The normalized spacial score (nSPS) is 11.2. The van der Waals surface area contributed by atoms with Gasteiger partial charge in [0, 0.05) is 46.1 Å². The SMILES string of the molecule is CN(c1ccc(N(c2ccc(-c3ccc(-c4ccccc4)cc3)cc2)c2cc(-c3ccccc3)cc3c2oc2ccccc23)cc1)c1ccccc1-c1ccccc1. The second-order valence-electron chi connectivity index (χ2n) is 14.6. The third kappa shape index (κ3) is 6.59. The lowest BCUT2D eigenvalue weighted by molar-refractivity contribution is 0.669. The zero-order valence-corrected chi connectivity index (χ0v) is 32.2. The van der Waals surface area contributed by atoms with Crippen LogP contribution in [0.5, 0.6) is 0 Å². The lowest BCUT2D eigenvalue weighted by atomic mass is 9.99. The van der Waals surface area contributed by atoms with Crippen molar-refractivity contribution in [2.75, 3.05) is 16.8 Å². The van der Waals surface area contributed by atoms with Gasteiger partial charge in [-0.2, -0.15) is 0 Å². The van der Waals surface area contributed by atoms with E-state index in [-0.39, 0.29) is 0 Å². The number of fused-ring (bicyclic) bond motifs is 3. The minimum Gasteiger partial charge on any atom is -0.454 e. The van der Waals surface area contributed by atoms with Crippen LogP contribution in [-0.4, -0.2) is 7.05 Å². The summed E-state index contributed by atoms with van der Waals surface area (Å²) in [6.07, 6.45) is 0. The highest BCUT2D eigenvalue weighted by Gasteiger charge is 2.22. The molecule has 3 heteroatoms. The zero-order valence-electron chi connectivity index (χ0n) is 32.2. The molecule has 0 amide bonds. The van der Waals surface area contributed by atoms with Crippen LogP contribution in [0.25, 0.3) is 66.4 Å². The average Bonchev–Trinajstić information content (AvgIpc) is 3.69. The van der Waals surface area contributed by atoms with E-state index < -0.39 is 0 Å². The van der Waals surface area contributed by atoms with Crippen molar-refractivity contribution in [2.24, 2.45) is 0 Å². The molecule has 1 heterocycles. The van der Waals surface area contributed by atoms with Gasteiger partial charge in [-0.15, -0.1) is 0 Å². The summed E-state index contributed by atoms with van der Waals surface area (Å²) in [6.45, 7) is 0. The number of nitrogens with zero attached hydrogens (tertiary/aromatic N) is 2. The zero-order chi connectivity index (χ0) is 38.8. The van der Waals surface area contributed by atoms with E-state index in [0.29, 0.717) is 0 Å². The highest BCUT2D eigenvalue weighted by Crippen LogP contribution is 2.45. The first-order valence-electron chi connectivity index (χ1n) is 19.7. The molecule has 0 saturated heterocycles. The van der Waals surface area contributed by atoms with Gasteiger partial charge >= 0.3 is 0 Å². The molecule has 0 saturated carbocycles. The summed E-state index contributed by atoms with van der Waals surface area (Å²) in [6, 6.07) is 79.7. The monoisotopic (exact) mass is 744 g/mol. The Balaban J connectivity index is 1.09. The van der Waals surface area contributed by atoms with Crippen molar-refractivity contribution in [3.8, 4) is 44.5 Å². The fraction of sp³-hybridized carbons (Fsp3) is 0.0182. The second kappa shape index (κ2) is 15.1. The number of para-hydroxylation sites is 2. The first-order valence-corrected chi connectivity index (χ1v) is 19.7. The third-order valence-electron chi connectivity index (χ3n) is 11.1. The van der Waals surface area contributed by atoms with Crippen molar-refractivity contribution in [2.45, 2.75) is 0 Å². The Kier molecular flexibility index (Phi) is 9.09. The number of rotatable bonds is 9. The van der Waals surface area contributed by atoms with Gasteiger partial charge in [-0.3, -0.25) is 0 Å². The molecule has 10 rings (SSSR count). The van der Waals surface area contributed by atoms with Crippen LogP contribution in [0, 0.1) is 0 Å². The number of hydrogen-bond acceptors (Lipinski definition) is 3. The van der Waals surface area contributed by atoms with E-state index in [4.69, 9.17) is 4.42 Å². The Morgan fingerprint density at radius 1 is 0.328 bits per heavy atom. The van der Waals surface area contributed by atoms with E-state index in [0.717, 1.165) is 67.1 Å². The average molecular weight is 745 g/mol. The Labute approximate surface area is 339 Å². The molecule has 0 bridgehead atoms. The summed E-state index contributed by atoms with van der Waals surface area (Å²) in [5, 5.41) is 2.18. The number of benzene rings is 9. The quantitative estimate of drug-likeness (QED) is 0.147. The number of furan rings is 1. The molecule has 0 atom stereocenters. The molecule has 0 N–H and O–H groups in total. The molecular weight excluding hydrogens is 705 g/mol. The van der Waals surface area contributed by atoms with Crippen molar-refractivity contribution < 1.29 is 4.42 Å². The Bertz CT molecular complexity index is 2970. The number of anilines is 5. The minimum atomic E-state index is 0.847. The fourth-order valence-corrected chi connectivity index (χ4v) is 8.08. The first kappa shape index (κ1) is 34.8. The predicted octanol–water partition coefficient (Wildman–Crippen LogP) is 15.5. The minimum absolute atomic E-state index is 0.847. The standard InChI is InChI=1S/C55H40N2O/c1-56(52-23-13-11-21-49(52)44-19-9-4-10-20-44)46-33-35-48(36-34-46)57(47-31-29-43(30-32-47)42-27-25-41(26-28-42)39-15-5-2-6-16-39)53-38-45(40-17-7-3-8-18-40)37-51-50-22-12-14-24-54(50)58-55(51)53/h2-38H,1H3. The van der Waals surface area contributed by atoms with Gasteiger partial charge in [0.1, 0.15) is 5.58 Å². The Morgan fingerprint density at radius 3 is 1.40 bits per heavy atom. The molecule has 9 aromatic carbocycles.